The van der Waals surface area contributed by atoms with Gasteiger partial charge < -0.3 is 15.8 Å². The molecule has 0 aliphatic heterocycles. The molecule has 5 nitrogen and oxygen atoms in total. The fourth-order valence-corrected chi connectivity index (χ4v) is 2.38. The van der Waals surface area contributed by atoms with E-state index in [9.17, 15) is 4.79 Å². The summed E-state index contributed by atoms with van der Waals surface area (Å²) >= 11 is 1.39. The number of carbonyl (C=O) groups excluding carboxylic acids is 1. The summed E-state index contributed by atoms with van der Waals surface area (Å²) in [4.78, 5) is 16.1. The Hall–Kier alpha value is -1.92. The molecule has 2 rings (SSSR count). The number of para-hydroxylation sites is 1. The highest BCUT2D eigenvalue weighted by Crippen LogP contribution is 2.17. The lowest BCUT2D eigenvalue weighted by atomic mass is 10.2. The zero-order valence-corrected chi connectivity index (χ0v) is 12.1. The summed E-state index contributed by atoms with van der Waals surface area (Å²) < 4.78 is 5.52. The molecule has 0 spiro atoms. The number of nitrogens with two attached hydrogens (primary N) is 1. The standard InChI is InChI=1S/C14H17N3O2S/c1-2-19-12-6-4-3-5-10(12)8-16-14(18)11-9-20-13(7-15)17-11/h3-6,9H,2,7-8,15H2,1H3,(H,16,18). The number of hydrogen-bond donors (Lipinski definition) is 2. The van der Waals surface area contributed by atoms with E-state index in [0.29, 0.717) is 25.4 Å². The van der Waals surface area contributed by atoms with Crippen molar-refractivity contribution in [2.24, 2.45) is 5.73 Å². The van der Waals surface area contributed by atoms with Crippen molar-refractivity contribution in [2.45, 2.75) is 20.0 Å². The number of rotatable bonds is 6. The smallest absolute Gasteiger partial charge is 0.271 e. The minimum atomic E-state index is -0.202. The molecule has 0 saturated carbocycles. The normalized spacial score (nSPS) is 10.3. The molecule has 1 aromatic heterocycles. The number of aromatic nitrogens is 1. The maximum atomic E-state index is 12.0. The number of nitrogens with zero attached hydrogens (tertiary/aromatic N) is 1. The molecular formula is C14H17N3O2S. The first-order valence-corrected chi connectivity index (χ1v) is 7.26. The Bertz CT molecular complexity index is 583. The summed E-state index contributed by atoms with van der Waals surface area (Å²) in [6, 6.07) is 7.64. The van der Waals surface area contributed by atoms with E-state index < -0.39 is 0 Å². The van der Waals surface area contributed by atoms with Crippen molar-refractivity contribution < 1.29 is 9.53 Å². The van der Waals surface area contributed by atoms with Gasteiger partial charge in [0.2, 0.25) is 0 Å². The van der Waals surface area contributed by atoms with Crippen molar-refractivity contribution in [1.82, 2.24) is 10.3 Å². The van der Waals surface area contributed by atoms with E-state index in [2.05, 4.69) is 10.3 Å². The average Bonchev–Trinajstić information content (AvgIpc) is 2.95. The summed E-state index contributed by atoms with van der Waals surface area (Å²) in [5.41, 5.74) is 6.83. The van der Waals surface area contributed by atoms with Crippen molar-refractivity contribution in [3.63, 3.8) is 0 Å². The van der Waals surface area contributed by atoms with E-state index in [0.717, 1.165) is 16.3 Å². The van der Waals surface area contributed by atoms with E-state index in [4.69, 9.17) is 10.5 Å². The lowest BCUT2D eigenvalue weighted by molar-refractivity contribution is 0.0946. The van der Waals surface area contributed by atoms with E-state index in [1.54, 1.807) is 5.38 Å². The van der Waals surface area contributed by atoms with E-state index in [-0.39, 0.29) is 5.91 Å². The molecule has 0 aliphatic rings. The maximum absolute atomic E-state index is 12.0. The van der Waals surface area contributed by atoms with Crippen molar-refractivity contribution in [3.8, 4) is 5.75 Å². The quantitative estimate of drug-likeness (QED) is 0.852. The average molecular weight is 291 g/mol. The minimum absolute atomic E-state index is 0.202. The van der Waals surface area contributed by atoms with Crippen LogP contribution >= 0.6 is 11.3 Å². The van der Waals surface area contributed by atoms with Gasteiger partial charge in [-0.05, 0) is 13.0 Å². The number of benzene rings is 1. The first-order valence-electron chi connectivity index (χ1n) is 6.38. The van der Waals surface area contributed by atoms with Gasteiger partial charge in [-0.15, -0.1) is 11.3 Å². The predicted octanol–water partition coefficient (Wildman–Crippen LogP) is 1.93. The van der Waals surface area contributed by atoms with Crippen LogP contribution in [0.3, 0.4) is 0 Å². The molecule has 2 aromatic rings. The minimum Gasteiger partial charge on any atom is -0.494 e. The molecule has 106 valence electrons. The van der Waals surface area contributed by atoms with Crippen LogP contribution in [0, 0.1) is 0 Å². The van der Waals surface area contributed by atoms with Gasteiger partial charge in [-0.25, -0.2) is 4.98 Å². The fourth-order valence-electron chi connectivity index (χ4n) is 1.72. The molecule has 0 saturated heterocycles. The van der Waals surface area contributed by atoms with Crippen molar-refractivity contribution in [2.75, 3.05) is 6.61 Å². The van der Waals surface area contributed by atoms with Gasteiger partial charge in [0.15, 0.2) is 0 Å². The van der Waals surface area contributed by atoms with Gasteiger partial charge in [0, 0.05) is 24.0 Å². The van der Waals surface area contributed by atoms with Crippen LogP contribution in [0.1, 0.15) is 28.0 Å². The van der Waals surface area contributed by atoms with Gasteiger partial charge in [-0.1, -0.05) is 18.2 Å². The van der Waals surface area contributed by atoms with Gasteiger partial charge in [0.05, 0.1) is 6.61 Å². The Labute approximate surface area is 121 Å². The van der Waals surface area contributed by atoms with Crippen LogP contribution < -0.4 is 15.8 Å². The number of thiazole rings is 1. The fraction of sp³-hybridized carbons (Fsp3) is 0.286. The Morgan fingerprint density at radius 1 is 1.45 bits per heavy atom. The van der Waals surface area contributed by atoms with Gasteiger partial charge in [0.25, 0.3) is 5.91 Å². The van der Waals surface area contributed by atoms with Crippen LogP contribution in [-0.4, -0.2) is 17.5 Å². The second kappa shape index (κ2) is 7.02. The highest BCUT2D eigenvalue weighted by atomic mass is 32.1. The molecule has 0 unspecified atom stereocenters. The van der Waals surface area contributed by atoms with Crippen LogP contribution in [0.25, 0.3) is 0 Å². The third-order valence-electron chi connectivity index (χ3n) is 2.67. The van der Waals surface area contributed by atoms with Crippen molar-refractivity contribution >= 4 is 17.2 Å². The lowest BCUT2D eigenvalue weighted by Crippen LogP contribution is -2.23. The van der Waals surface area contributed by atoms with Crippen LogP contribution in [0.5, 0.6) is 5.75 Å². The highest BCUT2D eigenvalue weighted by molar-refractivity contribution is 7.09. The van der Waals surface area contributed by atoms with Gasteiger partial charge in [0.1, 0.15) is 16.5 Å². The van der Waals surface area contributed by atoms with Crippen LogP contribution in [0.4, 0.5) is 0 Å². The number of hydrogen-bond acceptors (Lipinski definition) is 5. The third kappa shape index (κ3) is 3.55. The maximum Gasteiger partial charge on any atom is 0.271 e. The molecule has 1 amide bonds. The first-order chi connectivity index (χ1) is 9.74. The molecule has 20 heavy (non-hydrogen) atoms. The molecule has 3 N–H and O–H groups in total. The second-order valence-corrected chi connectivity index (χ2v) is 5.00. The highest BCUT2D eigenvalue weighted by Gasteiger charge is 2.11. The molecule has 6 heteroatoms. The monoisotopic (exact) mass is 291 g/mol. The summed E-state index contributed by atoms with van der Waals surface area (Å²) in [5.74, 6) is 0.587. The Morgan fingerprint density at radius 3 is 2.95 bits per heavy atom. The van der Waals surface area contributed by atoms with E-state index in [1.807, 2.05) is 31.2 Å². The van der Waals surface area contributed by atoms with Crippen LogP contribution in [-0.2, 0) is 13.1 Å². The molecule has 1 heterocycles. The van der Waals surface area contributed by atoms with E-state index >= 15 is 0 Å². The molecule has 0 atom stereocenters. The van der Waals surface area contributed by atoms with Crippen LogP contribution in [0.2, 0.25) is 0 Å². The Morgan fingerprint density at radius 2 is 2.25 bits per heavy atom. The number of amides is 1. The molecule has 0 radical (unpaired) electrons. The first kappa shape index (κ1) is 14.5. The molecule has 0 fully saturated rings. The van der Waals surface area contributed by atoms with Crippen LogP contribution in [0.15, 0.2) is 29.6 Å². The summed E-state index contributed by atoms with van der Waals surface area (Å²) in [7, 11) is 0. The summed E-state index contributed by atoms with van der Waals surface area (Å²) in [6.45, 7) is 3.28. The SMILES string of the molecule is CCOc1ccccc1CNC(=O)c1csc(CN)n1. The molecule has 0 bridgehead atoms. The van der Waals surface area contributed by atoms with Crippen molar-refractivity contribution in [1.29, 1.82) is 0 Å². The number of ether oxygens (including phenoxy) is 1. The second-order valence-electron chi connectivity index (χ2n) is 4.05. The Balaban J connectivity index is 1.99. The lowest BCUT2D eigenvalue weighted by Gasteiger charge is -2.10. The van der Waals surface area contributed by atoms with E-state index in [1.165, 1.54) is 11.3 Å². The number of nitrogens with one attached hydrogen (secondary N) is 1. The molecular weight excluding hydrogens is 274 g/mol. The summed E-state index contributed by atoms with van der Waals surface area (Å²) in [6.07, 6.45) is 0. The largest absolute Gasteiger partial charge is 0.494 e. The molecule has 1 aromatic carbocycles. The van der Waals surface area contributed by atoms with Gasteiger partial charge in [-0.3, -0.25) is 4.79 Å². The van der Waals surface area contributed by atoms with Gasteiger partial charge >= 0.3 is 0 Å². The zero-order chi connectivity index (χ0) is 14.4. The topological polar surface area (TPSA) is 77.2 Å². The zero-order valence-electron chi connectivity index (χ0n) is 11.3. The summed E-state index contributed by atoms with van der Waals surface area (Å²) in [5, 5.41) is 5.30. The molecule has 0 aliphatic carbocycles. The number of carbonyl (C=O) groups is 1. The van der Waals surface area contributed by atoms with Crippen molar-refractivity contribution in [3.05, 3.63) is 45.9 Å². The predicted molar refractivity (Wildman–Crippen MR) is 78.8 cm³/mol. The van der Waals surface area contributed by atoms with Gasteiger partial charge in [-0.2, -0.15) is 0 Å². The third-order valence-corrected chi connectivity index (χ3v) is 3.54. The Kier molecular flexibility index (Phi) is 5.09.